The quantitative estimate of drug-likeness (QED) is 0.773. The fourth-order valence-corrected chi connectivity index (χ4v) is 2.48. The molecule has 0 unspecified atom stereocenters. The number of rotatable bonds is 3. The molecule has 0 bridgehead atoms. The highest BCUT2D eigenvalue weighted by atomic mass is 16.1. The first-order valence-corrected chi connectivity index (χ1v) is 6.63. The van der Waals surface area contributed by atoms with E-state index in [-0.39, 0.29) is 11.6 Å². The van der Waals surface area contributed by atoms with Crippen LogP contribution in [-0.2, 0) is 0 Å². The Labute approximate surface area is 119 Å². The maximum absolute atomic E-state index is 11.5. The number of hydrogen-bond acceptors (Lipinski definition) is 2. The molecule has 0 radical (unpaired) electrons. The predicted octanol–water partition coefficient (Wildman–Crippen LogP) is 4.38. The van der Waals surface area contributed by atoms with Crippen LogP contribution in [-0.4, -0.2) is 11.6 Å². The van der Waals surface area contributed by atoms with Crippen molar-refractivity contribution in [2.75, 3.05) is 0 Å². The SMILES string of the molecule is CC(=O)c1ccc(-c2ccc(C(C)=O)c(C)c2)cc1C. The van der Waals surface area contributed by atoms with Crippen LogP contribution in [0.3, 0.4) is 0 Å². The van der Waals surface area contributed by atoms with Crippen molar-refractivity contribution in [1.29, 1.82) is 0 Å². The monoisotopic (exact) mass is 266 g/mol. The summed E-state index contributed by atoms with van der Waals surface area (Å²) in [4.78, 5) is 22.9. The van der Waals surface area contributed by atoms with Crippen LogP contribution in [0, 0.1) is 13.8 Å². The number of hydrogen-bond donors (Lipinski definition) is 0. The predicted molar refractivity (Wildman–Crippen MR) is 81.4 cm³/mol. The van der Waals surface area contributed by atoms with Crippen LogP contribution in [0.5, 0.6) is 0 Å². The molecule has 2 aromatic carbocycles. The molecule has 0 aliphatic heterocycles. The third-order valence-corrected chi connectivity index (χ3v) is 3.54. The second-order valence-electron chi connectivity index (χ2n) is 5.17. The van der Waals surface area contributed by atoms with Crippen molar-refractivity contribution in [3.05, 3.63) is 58.7 Å². The van der Waals surface area contributed by atoms with Gasteiger partial charge in [0, 0.05) is 11.1 Å². The Kier molecular flexibility index (Phi) is 3.84. The van der Waals surface area contributed by atoms with Gasteiger partial charge in [0.2, 0.25) is 0 Å². The highest BCUT2D eigenvalue weighted by Crippen LogP contribution is 2.25. The van der Waals surface area contributed by atoms with Crippen LogP contribution in [0.4, 0.5) is 0 Å². The molecule has 0 saturated carbocycles. The molecule has 2 heteroatoms. The summed E-state index contributed by atoms with van der Waals surface area (Å²) in [6, 6.07) is 11.7. The maximum Gasteiger partial charge on any atom is 0.160 e. The second-order valence-corrected chi connectivity index (χ2v) is 5.17. The van der Waals surface area contributed by atoms with Gasteiger partial charge in [0.15, 0.2) is 11.6 Å². The summed E-state index contributed by atoms with van der Waals surface area (Å²) in [5.74, 6) is 0.161. The standard InChI is InChI=1S/C18H18O2/c1-11-9-15(5-7-17(11)13(3)19)16-6-8-18(14(4)20)12(2)10-16/h5-10H,1-4H3. The van der Waals surface area contributed by atoms with E-state index in [4.69, 9.17) is 0 Å². The van der Waals surface area contributed by atoms with Crippen LogP contribution in [0.15, 0.2) is 36.4 Å². The van der Waals surface area contributed by atoms with E-state index in [1.54, 1.807) is 13.8 Å². The van der Waals surface area contributed by atoms with E-state index in [0.717, 1.165) is 33.4 Å². The van der Waals surface area contributed by atoms with Crippen molar-refractivity contribution in [2.45, 2.75) is 27.7 Å². The molecule has 0 fully saturated rings. The summed E-state index contributed by atoms with van der Waals surface area (Å²) in [7, 11) is 0. The van der Waals surface area contributed by atoms with Crippen molar-refractivity contribution in [1.82, 2.24) is 0 Å². The summed E-state index contributed by atoms with van der Waals surface area (Å²) in [6.07, 6.45) is 0. The molecule has 20 heavy (non-hydrogen) atoms. The van der Waals surface area contributed by atoms with Gasteiger partial charge in [-0.2, -0.15) is 0 Å². The zero-order valence-corrected chi connectivity index (χ0v) is 12.3. The van der Waals surface area contributed by atoms with Crippen molar-refractivity contribution in [3.63, 3.8) is 0 Å². The summed E-state index contributed by atoms with van der Waals surface area (Å²) in [6.45, 7) is 7.04. The van der Waals surface area contributed by atoms with Crippen molar-refractivity contribution in [2.24, 2.45) is 0 Å². The van der Waals surface area contributed by atoms with Crippen LogP contribution < -0.4 is 0 Å². The molecule has 0 N–H and O–H groups in total. The molecular formula is C18H18O2. The van der Waals surface area contributed by atoms with E-state index in [1.165, 1.54) is 0 Å². The molecule has 2 aromatic rings. The summed E-state index contributed by atoms with van der Waals surface area (Å²) in [5, 5.41) is 0. The molecule has 0 saturated heterocycles. The summed E-state index contributed by atoms with van der Waals surface area (Å²) in [5.41, 5.74) is 5.58. The van der Waals surface area contributed by atoms with Gasteiger partial charge in [0.05, 0.1) is 0 Å². The molecule has 2 nitrogen and oxygen atoms in total. The van der Waals surface area contributed by atoms with E-state index in [1.807, 2.05) is 50.2 Å². The molecule has 0 aliphatic carbocycles. The van der Waals surface area contributed by atoms with Gasteiger partial charge in [-0.3, -0.25) is 9.59 Å². The van der Waals surface area contributed by atoms with Gasteiger partial charge in [-0.1, -0.05) is 36.4 Å². The minimum Gasteiger partial charge on any atom is -0.295 e. The number of carbonyl (C=O) groups is 2. The first-order valence-electron chi connectivity index (χ1n) is 6.63. The first kappa shape index (κ1) is 14.2. The van der Waals surface area contributed by atoms with E-state index in [0.29, 0.717) is 0 Å². The van der Waals surface area contributed by atoms with Crippen molar-refractivity contribution < 1.29 is 9.59 Å². The van der Waals surface area contributed by atoms with E-state index in [2.05, 4.69) is 0 Å². The van der Waals surface area contributed by atoms with E-state index >= 15 is 0 Å². The summed E-state index contributed by atoms with van der Waals surface area (Å²) < 4.78 is 0. The average Bonchev–Trinajstić information content (AvgIpc) is 2.37. The van der Waals surface area contributed by atoms with Crippen molar-refractivity contribution >= 4 is 11.6 Å². The molecule has 0 atom stereocenters. The Bertz CT molecular complexity index is 635. The Morgan fingerprint density at radius 2 is 1.05 bits per heavy atom. The lowest BCUT2D eigenvalue weighted by atomic mass is 9.95. The maximum atomic E-state index is 11.5. The van der Waals surface area contributed by atoms with Crippen molar-refractivity contribution in [3.8, 4) is 11.1 Å². The van der Waals surface area contributed by atoms with Gasteiger partial charge in [-0.15, -0.1) is 0 Å². The first-order chi connectivity index (χ1) is 9.40. The number of benzene rings is 2. The largest absolute Gasteiger partial charge is 0.295 e. The fourth-order valence-electron chi connectivity index (χ4n) is 2.48. The molecule has 0 heterocycles. The number of carbonyl (C=O) groups excluding carboxylic acids is 2. The fraction of sp³-hybridized carbons (Fsp3) is 0.222. The topological polar surface area (TPSA) is 34.1 Å². The zero-order valence-electron chi connectivity index (χ0n) is 12.3. The molecular weight excluding hydrogens is 248 g/mol. The Morgan fingerprint density at radius 1 is 0.700 bits per heavy atom. The molecule has 0 aliphatic rings. The third kappa shape index (κ3) is 2.69. The lowest BCUT2D eigenvalue weighted by molar-refractivity contribution is 0.100. The smallest absolute Gasteiger partial charge is 0.160 e. The second kappa shape index (κ2) is 5.41. The Balaban J connectivity index is 2.47. The van der Waals surface area contributed by atoms with Crippen LogP contribution >= 0.6 is 0 Å². The molecule has 2 rings (SSSR count). The number of aryl methyl sites for hydroxylation is 2. The van der Waals surface area contributed by atoms with Gasteiger partial charge in [-0.05, 0) is 49.9 Å². The van der Waals surface area contributed by atoms with E-state index in [9.17, 15) is 9.59 Å². The molecule has 0 amide bonds. The van der Waals surface area contributed by atoms with Gasteiger partial charge >= 0.3 is 0 Å². The zero-order chi connectivity index (χ0) is 14.9. The molecule has 102 valence electrons. The lowest BCUT2D eigenvalue weighted by Crippen LogP contribution is -1.97. The molecule has 0 aromatic heterocycles. The minimum absolute atomic E-state index is 0.0807. The van der Waals surface area contributed by atoms with Crippen LogP contribution in [0.25, 0.3) is 11.1 Å². The van der Waals surface area contributed by atoms with Crippen LogP contribution in [0.2, 0.25) is 0 Å². The summed E-state index contributed by atoms with van der Waals surface area (Å²) >= 11 is 0. The normalized spacial score (nSPS) is 10.4. The highest BCUT2D eigenvalue weighted by Gasteiger charge is 2.08. The Morgan fingerprint density at radius 3 is 1.30 bits per heavy atom. The third-order valence-electron chi connectivity index (χ3n) is 3.54. The van der Waals surface area contributed by atoms with Gasteiger partial charge < -0.3 is 0 Å². The van der Waals surface area contributed by atoms with Gasteiger partial charge in [-0.25, -0.2) is 0 Å². The van der Waals surface area contributed by atoms with Crippen LogP contribution in [0.1, 0.15) is 45.7 Å². The Hall–Kier alpha value is -2.22. The van der Waals surface area contributed by atoms with Gasteiger partial charge in [0.1, 0.15) is 0 Å². The average molecular weight is 266 g/mol. The lowest BCUT2D eigenvalue weighted by Gasteiger charge is -2.09. The van der Waals surface area contributed by atoms with E-state index < -0.39 is 0 Å². The van der Waals surface area contributed by atoms with Gasteiger partial charge in [0.25, 0.3) is 0 Å². The highest BCUT2D eigenvalue weighted by molar-refractivity contribution is 5.97. The minimum atomic E-state index is 0.0807. The number of Topliss-reactive ketones (excluding diaryl/α,β-unsaturated/α-hetero) is 2. The molecule has 0 spiro atoms. The number of ketones is 2.